The van der Waals surface area contributed by atoms with Crippen molar-refractivity contribution in [3.8, 4) is 10.4 Å². The average molecular weight is 451 g/mol. The maximum atomic E-state index is 13.4. The minimum absolute atomic E-state index is 0.165. The summed E-state index contributed by atoms with van der Waals surface area (Å²) in [5.74, 6) is -0.178. The first-order chi connectivity index (χ1) is 14.1. The fourth-order valence-electron chi connectivity index (χ4n) is 3.07. The average Bonchev–Trinajstić information content (AvgIpc) is 3.10. The lowest BCUT2D eigenvalue weighted by molar-refractivity contribution is -0.0664. The van der Waals surface area contributed by atoms with Crippen LogP contribution in [0.15, 0.2) is 30.6 Å². The number of anilines is 2. The Balaban J connectivity index is 1.63. The molecule has 0 aliphatic carbocycles. The third kappa shape index (κ3) is 4.32. The van der Waals surface area contributed by atoms with Crippen LogP contribution >= 0.6 is 11.3 Å². The number of aromatic nitrogens is 3. The first-order valence-corrected chi connectivity index (χ1v) is 11.2. The molecule has 0 atom stereocenters. The van der Waals surface area contributed by atoms with Crippen molar-refractivity contribution in [2.45, 2.75) is 19.4 Å². The van der Waals surface area contributed by atoms with E-state index in [9.17, 15) is 12.8 Å². The third-order valence-corrected chi connectivity index (χ3v) is 6.41. The van der Waals surface area contributed by atoms with Crippen molar-refractivity contribution >= 4 is 33.2 Å². The molecule has 158 valence electrons. The second-order valence-corrected chi connectivity index (χ2v) is 9.42. The van der Waals surface area contributed by atoms with Crippen LogP contribution in [-0.4, -0.2) is 36.6 Å². The van der Waals surface area contributed by atoms with Gasteiger partial charge < -0.3 is 10.1 Å². The molecule has 0 spiro atoms. The summed E-state index contributed by atoms with van der Waals surface area (Å²) >= 11 is 1.36. The monoisotopic (exact) mass is 450 g/mol. The zero-order valence-electron chi connectivity index (χ0n) is 16.1. The number of nitrogens with two attached hydrogens (primary N) is 1. The van der Waals surface area contributed by atoms with E-state index >= 15 is 0 Å². The van der Waals surface area contributed by atoms with Gasteiger partial charge in [0.25, 0.3) is 10.2 Å². The molecule has 0 radical (unpaired) electrons. The molecule has 4 N–H and O–H groups in total. The lowest BCUT2D eigenvalue weighted by Gasteiger charge is -2.39. The fourth-order valence-corrected chi connectivity index (χ4v) is 4.92. The molecule has 1 fully saturated rings. The van der Waals surface area contributed by atoms with Gasteiger partial charge in [-0.3, -0.25) is 0 Å². The quantitative estimate of drug-likeness (QED) is 0.524. The molecule has 0 unspecified atom stereocenters. The largest absolute Gasteiger partial charge is 0.376 e. The van der Waals surface area contributed by atoms with Crippen LogP contribution in [0.1, 0.15) is 16.3 Å². The molecule has 1 saturated heterocycles. The van der Waals surface area contributed by atoms with Gasteiger partial charge in [-0.15, -0.1) is 11.3 Å². The summed E-state index contributed by atoms with van der Waals surface area (Å²) in [7, 11) is -3.91. The molecule has 1 aliphatic rings. The maximum absolute atomic E-state index is 13.4. The third-order valence-electron chi connectivity index (χ3n) is 4.49. The second kappa shape index (κ2) is 7.63. The van der Waals surface area contributed by atoms with E-state index in [4.69, 9.17) is 9.88 Å². The Morgan fingerprint density at radius 3 is 2.60 bits per heavy atom. The Morgan fingerprint density at radius 1 is 1.20 bits per heavy atom. The predicted octanol–water partition coefficient (Wildman–Crippen LogP) is 2.12. The van der Waals surface area contributed by atoms with E-state index in [1.54, 1.807) is 13.1 Å². The summed E-state index contributed by atoms with van der Waals surface area (Å²) in [5.41, 5.74) is 1.90. The van der Waals surface area contributed by atoms with Crippen LogP contribution in [0.3, 0.4) is 0 Å². The van der Waals surface area contributed by atoms with Crippen LogP contribution in [-0.2, 0) is 20.5 Å². The van der Waals surface area contributed by atoms with Crippen molar-refractivity contribution in [3.05, 3.63) is 52.7 Å². The van der Waals surface area contributed by atoms with Crippen LogP contribution < -0.4 is 15.2 Å². The number of thiazole rings is 1. The molecule has 4 rings (SSSR count). The lowest BCUT2D eigenvalue weighted by Crippen LogP contribution is -2.60. The first kappa shape index (κ1) is 20.8. The highest BCUT2D eigenvalue weighted by Gasteiger charge is 2.45. The molecule has 0 amide bonds. The van der Waals surface area contributed by atoms with Crippen molar-refractivity contribution in [3.63, 3.8) is 0 Å². The lowest BCUT2D eigenvalue weighted by atomic mass is 10.0. The topological polar surface area (TPSA) is 132 Å². The summed E-state index contributed by atoms with van der Waals surface area (Å²) < 4.78 is 44.1. The molecule has 12 heteroatoms. The highest BCUT2D eigenvalue weighted by Crippen LogP contribution is 2.37. The number of rotatable bonds is 6. The van der Waals surface area contributed by atoms with Gasteiger partial charge in [0, 0.05) is 11.9 Å². The number of hydrogen-bond acceptors (Lipinski definition) is 8. The number of hydrogen-bond donors (Lipinski definition) is 3. The number of aryl methyl sites for hydroxylation is 2. The Bertz CT molecular complexity index is 1210. The molecule has 0 bridgehead atoms. The number of nitrogens with zero attached hydrogens (tertiary/aromatic N) is 3. The van der Waals surface area contributed by atoms with Gasteiger partial charge in [0.1, 0.15) is 10.5 Å². The van der Waals surface area contributed by atoms with Gasteiger partial charge in [-0.25, -0.2) is 24.5 Å². The molecule has 3 aromatic rings. The summed E-state index contributed by atoms with van der Waals surface area (Å²) in [6.45, 7) is 3.84. The molecule has 1 aromatic carbocycles. The van der Waals surface area contributed by atoms with Crippen molar-refractivity contribution < 1.29 is 17.5 Å². The molecule has 2 aromatic heterocycles. The van der Waals surface area contributed by atoms with E-state index in [2.05, 4.69) is 25.0 Å². The summed E-state index contributed by atoms with van der Waals surface area (Å²) in [6.07, 6.45) is 2.80. The van der Waals surface area contributed by atoms with Crippen molar-refractivity contribution in [2.24, 2.45) is 5.14 Å². The molecule has 1 aliphatic heterocycles. The van der Waals surface area contributed by atoms with Crippen molar-refractivity contribution in [2.75, 3.05) is 18.5 Å². The van der Waals surface area contributed by atoms with E-state index in [1.807, 2.05) is 25.1 Å². The van der Waals surface area contributed by atoms with E-state index in [0.29, 0.717) is 11.0 Å². The Morgan fingerprint density at radius 2 is 1.97 bits per heavy atom. The highest BCUT2D eigenvalue weighted by molar-refractivity contribution is 7.87. The number of nitrogens with one attached hydrogen (secondary N) is 2. The highest BCUT2D eigenvalue weighted by atomic mass is 32.2. The molecule has 3 heterocycles. The first-order valence-electron chi connectivity index (χ1n) is 8.88. The van der Waals surface area contributed by atoms with Gasteiger partial charge in [-0.1, -0.05) is 6.07 Å². The maximum Gasteiger partial charge on any atom is 0.275 e. The number of halogens is 1. The second-order valence-electron chi connectivity index (χ2n) is 7.09. The molecule has 30 heavy (non-hydrogen) atoms. The molecular formula is C18H19FN6O3S2. The Labute approximate surface area is 176 Å². The van der Waals surface area contributed by atoms with Gasteiger partial charge in [0.15, 0.2) is 5.82 Å². The van der Waals surface area contributed by atoms with E-state index < -0.39 is 21.6 Å². The number of ether oxygens (including phenoxy) is 1. The minimum atomic E-state index is -3.91. The molecular weight excluding hydrogens is 431 g/mol. The van der Waals surface area contributed by atoms with Crippen LogP contribution in [0, 0.1) is 19.7 Å². The van der Waals surface area contributed by atoms with Gasteiger partial charge in [-0.05, 0) is 37.1 Å². The van der Waals surface area contributed by atoms with Gasteiger partial charge in [0.05, 0.1) is 30.0 Å². The SMILES string of the molecule is Cc1cc(Nc2ncc(F)c(C)n2)cc(-c2cnc(C3(NS(N)(=O)=O)COC3)s2)c1. The summed E-state index contributed by atoms with van der Waals surface area (Å²) in [4.78, 5) is 13.3. The normalized spacial score (nSPS) is 15.6. The van der Waals surface area contributed by atoms with Crippen LogP contribution in [0.25, 0.3) is 10.4 Å². The smallest absolute Gasteiger partial charge is 0.275 e. The Kier molecular flexibility index (Phi) is 5.28. The van der Waals surface area contributed by atoms with Gasteiger partial charge >= 0.3 is 0 Å². The van der Waals surface area contributed by atoms with Crippen LogP contribution in [0.2, 0.25) is 0 Å². The van der Waals surface area contributed by atoms with E-state index in [0.717, 1.165) is 27.9 Å². The van der Waals surface area contributed by atoms with Crippen LogP contribution in [0.5, 0.6) is 0 Å². The Hall–Kier alpha value is -2.51. The van der Waals surface area contributed by atoms with Gasteiger partial charge in [0.2, 0.25) is 5.95 Å². The van der Waals surface area contributed by atoms with Crippen LogP contribution in [0.4, 0.5) is 16.0 Å². The zero-order valence-corrected chi connectivity index (χ0v) is 17.8. The van der Waals surface area contributed by atoms with Gasteiger partial charge in [-0.2, -0.15) is 13.1 Å². The van der Waals surface area contributed by atoms with E-state index in [-0.39, 0.29) is 18.9 Å². The molecule has 0 saturated carbocycles. The predicted molar refractivity (Wildman–Crippen MR) is 111 cm³/mol. The number of benzene rings is 1. The fraction of sp³-hybridized carbons (Fsp3) is 0.278. The van der Waals surface area contributed by atoms with Crippen molar-refractivity contribution in [1.82, 2.24) is 19.7 Å². The zero-order chi connectivity index (χ0) is 21.5. The van der Waals surface area contributed by atoms with Crippen molar-refractivity contribution in [1.29, 1.82) is 0 Å². The summed E-state index contributed by atoms with van der Waals surface area (Å²) in [5, 5.41) is 8.81. The molecule has 9 nitrogen and oxygen atoms in total. The summed E-state index contributed by atoms with van der Waals surface area (Å²) in [6, 6.07) is 5.79. The standard InChI is InChI=1S/C18H19FN6O3S2/c1-10-3-12(5-13(4-10)24-17-22-6-14(19)11(2)23-17)15-7-21-16(29-15)18(8-28-9-18)25-30(20,26)27/h3-7,25H,8-9H2,1-2H3,(H2,20,26,27)(H,22,23,24). The van der Waals surface area contributed by atoms with E-state index in [1.165, 1.54) is 11.3 Å². The minimum Gasteiger partial charge on any atom is -0.376 e.